The first-order chi connectivity index (χ1) is 15.1. The number of β-amino-alcohol motifs (C(OH)–C–C–N with tert-alkyl or cyclic N) is 1. The number of ketones is 1. The molecular formula is C22H30F3N3O5. The van der Waals surface area contributed by atoms with Gasteiger partial charge in [-0.3, -0.25) is 9.59 Å². The summed E-state index contributed by atoms with van der Waals surface area (Å²) in [5.74, 6) is -2.56. The number of carbonyl (C=O) groups is 2. The molecule has 0 saturated carbocycles. The van der Waals surface area contributed by atoms with Gasteiger partial charge in [0.15, 0.2) is 0 Å². The second-order valence-electron chi connectivity index (χ2n) is 10.1. The van der Waals surface area contributed by atoms with Gasteiger partial charge >= 0.3 is 12.1 Å². The number of rotatable bonds is 5. The minimum atomic E-state index is -4.68. The fraction of sp³-hybridized carbons (Fsp3) is 0.682. The summed E-state index contributed by atoms with van der Waals surface area (Å²) in [4.78, 5) is 30.5. The molecule has 2 saturated heterocycles. The molecule has 1 unspecified atom stereocenters. The van der Waals surface area contributed by atoms with Gasteiger partial charge in [0.1, 0.15) is 41.0 Å². The second kappa shape index (κ2) is 8.75. The number of anilines is 1. The molecule has 0 radical (unpaired) electrons. The number of alkyl halides is 3. The fourth-order valence-electron chi connectivity index (χ4n) is 4.07. The summed E-state index contributed by atoms with van der Waals surface area (Å²) < 4.78 is 51.9. The van der Waals surface area contributed by atoms with E-state index in [1.807, 2.05) is 0 Å². The average Bonchev–Trinajstić information content (AvgIpc) is 2.61. The van der Waals surface area contributed by atoms with E-state index in [0.717, 1.165) is 12.3 Å². The molecule has 184 valence electrons. The zero-order valence-electron chi connectivity index (χ0n) is 19.3. The largest absolute Gasteiger partial charge is 0.490 e. The van der Waals surface area contributed by atoms with Gasteiger partial charge in [-0.1, -0.05) is 0 Å². The van der Waals surface area contributed by atoms with Crippen LogP contribution in [0, 0.1) is 5.92 Å². The van der Waals surface area contributed by atoms with E-state index in [-0.39, 0.29) is 49.5 Å². The SMILES string of the molecule is C[C@H]1CC(=O)C(C(=O)OC(C)(C)C)[C@@H](COc2cnc(N3CC(C)(O)C3)c(C(F)(F)F)c2)N1. The van der Waals surface area contributed by atoms with Crippen LogP contribution >= 0.6 is 0 Å². The van der Waals surface area contributed by atoms with Gasteiger partial charge in [0, 0.05) is 25.6 Å². The van der Waals surface area contributed by atoms with Crippen LogP contribution in [0.4, 0.5) is 19.0 Å². The van der Waals surface area contributed by atoms with Gasteiger partial charge in [-0.25, -0.2) is 4.98 Å². The zero-order valence-corrected chi connectivity index (χ0v) is 19.3. The third-order valence-electron chi connectivity index (χ3n) is 5.35. The number of carbonyl (C=O) groups excluding carboxylic acids is 2. The van der Waals surface area contributed by atoms with Crippen LogP contribution in [0.2, 0.25) is 0 Å². The lowest BCUT2D eigenvalue weighted by Crippen LogP contribution is -2.60. The Balaban J connectivity index is 1.77. The fourth-order valence-corrected chi connectivity index (χ4v) is 4.07. The molecule has 0 amide bonds. The Morgan fingerprint density at radius 2 is 1.97 bits per heavy atom. The van der Waals surface area contributed by atoms with Crippen LogP contribution in [0.25, 0.3) is 0 Å². The molecule has 2 N–H and O–H groups in total. The summed E-state index contributed by atoms with van der Waals surface area (Å²) in [5, 5.41) is 13.0. The number of ether oxygens (including phenoxy) is 2. The number of aliphatic hydroxyl groups is 1. The van der Waals surface area contributed by atoms with Gasteiger partial charge in [-0.15, -0.1) is 0 Å². The van der Waals surface area contributed by atoms with Gasteiger partial charge in [0.2, 0.25) is 0 Å². The molecule has 1 aromatic rings. The lowest BCUT2D eigenvalue weighted by molar-refractivity contribution is -0.165. The van der Waals surface area contributed by atoms with Crippen molar-refractivity contribution >= 4 is 17.6 Å². The van der Waals surface area contributed by atoms with E-state index < -0.39 is 40.9 Å². The van der Waals surface area contributed by atoms with Crippen molar-refractivity contribution in [1.82, 2.24) is 10.3 Å². The van der Waals surface area contributed by atoms with Crippen molar-refractivity contribution in [2.75, 3.05) is 24.6 Å². The smallest absolute Gasteiger partial charge is 0.420 e. The monoisotopic (exact) mass is 473 g/mol. The third-order valence-corrected chi connectivity index (χ3v) is 5.35. The number of piperidine rings is 1. The molecule has 8 nitrogen and oxygen atoms in total. The third kappa shape index (κ3) is 6.14. The standard InChI is InChI=1S/C22H30F3N3O5/c1-12-6-16(29)17(19(30)33-20(2,3)4)15(27-12)9-32-13-7-14(22(23,24)25)18(26-8-13)28-10-21(5,31)11-28/h7-8,12,15,17,27,31H,6,9-11H2,1-5H3/t12-,15+,17?/m0/s1. The van der Waals surface area contributed by atoms with Crippen molar-refractivity contribution in [1.29, 1.82) is 0 Å². The lowest BCUT2D eigenvalue weighted by Gasteiger charge is -2.45. The average molecular weight is 473 g/mol. The first-order valence-electron chi connectivity index (χ1n) is 10.7. The van der Waals surface area contributed by atoms with Crippen molar-refractivity contribution in [3.8, 4) is 5.75 Å². The number of esters is 1. The summed E-state index contributed by atoms with van der Waals surface area (Å²) in [6.45, 7) is 8.21. The highest BCUT2D eigenvalue weighted by molar-refractivity contribution is 6.00. The normalized spacial score (nSPS) is 25.4. The zero-order chi connectivity index (χ0) is 24.8. The Labute approximate surface area is 190 Å². The molecule has 0 aromatic carbocycles. The summed E-state index contributed by atoms with van der Waals surface area (Å²) in [7, 11) is 0. The van der Waals surface area contributed by atoms with E-state index in [4.69, 9.17) is 9.47 Å². The highest BCUT2D eigenvalue weighted by atomic mass is 19.4. The summed E-state index contributed by atoms with van der Waals surface area (Å²) >= 11 is 0. The van der Waals surface area contributed by atoms with Crippen LogP contribution < -0.4 is 15.0 Å². The molecule has 3 atom stereocenters. The minimum absolute atomic E-state index is 0.0346. The van der Waals surface area contributed by atoms with Crippen LogP contribution in [0.5, 0.6) is 5.75 Å². The maximum atomic E-state index is 13.7. The lowest BCUT2D eigenvalue weighted by atomic mass is 9.86. The van der Waals surface area contributed by atoms with Crippen LogP contribution in [-0.2, 0) is 20.5 Å². The molecule has 0 spiro atoms. The van der Waals surface area contributed by atoms with E-state index in [9.17, 15) is 27.9 Å². The van der Waals surface area contributed by atoms with E-state index in [0.29, 0.717) is 0 Å². The maximum absolute atomic E-state index is 13.7. The number of hydrogen-bond donors (Lipinski definition) is 2. The maximum Gasteiger partial charge on any atom is 0.420 e. The van der Waals surface area contributed by atoms with E-state index >= 15 is 0 Å². The predicted octanol–water partition coefficient (Wildman–Crippen LogP) is 2.33. The molecular weight excluding hydrogens is 443 g/mol. The number of pyridine rings is 1. The first kappa shape index (κ1) is 25.2. The van der Waals surface area contributed by atoms with Crippen LogP contribution in [0.15, 0.2) is 12.3 Å². The molecule has 3 rings (SSSR count). The number of nitrogens with zero attached hydrogens (tertiary/aromatic N) is 2. The van der Waals surface area contributed by atoms with Crippen LogP contribution in [0.1, 0.15) is 46.6 Å². The van der Waals surface area contributed by atoms with Gasteiger partial charge in [-0.2, -0.15) is 13.2 Å². The number of nitrogens with one attached hydrogen (secondary N) is 1. The molecule has 33 heavy (non-hydrogen) atoms. The summed E-state index contributed by atoms with van der Waals surface area (Å²) in [6.07, 6.45) is -3.39. The Bertz CT molecular complexity index is 906. The Morgan fingerprint density at radius 1 is 1.33 bits per heavy atom. The predicted molar refractivity (Wildman–Crippen MR) is 113 cm³/mol. The van der Waals surface area contributed by atoms with Crippen molar-refractivity contribution in [2.24, 2.45) is 5.92 Å². The van der Waals surface area contributed by atoms with Crippen LogP contribution in [0.3, 0.4) is 0 Å². The van der Waals surface area contributed by atoms with Crippen molar-refractivity contribution in [2.45, 2.75) is 70.5 Å². The molecule has 2 aliphatic rings. The Kier molecular flexibility index (Phi) is 6.69. The molecule has 1 aromatic heterocycles. The highest BCUT2D eigenvalue weighted by Gasteiger charge is 2.44. The second-order valence-corrected chi connectivity index (χ2v) is 10.1. The van der Waals surface area contributed by atoms with E-state index in [1.54, 1.807) is 27.7 Å². The van der Waals surface area contributed by atoms with Crippen molar-refractivity contribution in [3.05, 3.63) is 17.8 Å². The van der Waals surface area contributed by atoms with E-state index in [2.05, 4.69) is 10.3 Å². The van der Waals surface area contributed by atoms with Crippen molar-refractivity contribution < 1.29 is 37.3 Å². The summed E-state index contributed by atoms with van der Waals surface area (Å²) in [6, 6.07) is -0.155. The molecule has 3 heterocycles. The van der Waals surface area contributed by atoms with Crippen molar-refractivity contribution in [3.63, 3.8) is 0 Å². The minimum Gasteiger partial charge on any atom is -0.490 e. The quantitative estimate of drug-likeness (QED) is 0.497. The molecule has 2 fully saturated rings. The van der Waals surface area contributed by atoms with Gasteiger partial charge < -0.3 is 24.8 Å². The Hall–Kier alpha value is -2.40. The number of aromatic nitrogens is 1. The van der Waals surface area contributed by atoms with Crippen LogP contribution in [-0.4, -0.2) is 64.8 Å². The Morgan fingerprint density at radius 3 is 2.52 bits per heavy atom. The van der Waals surface area contributed by atoms with Gasteiger partial charge in [-0.05, 0) is 40.7 Å². The summed E-state index contributed by atoms with van der Waals surface area (Å²) in [5.41, 5.74) is -2.85. The number of Topliss-reactive ketones (excluding diaryl/α,β-unsaturated/α-hetero) is 1. The van der Waals surface area contributed by atoms with Gasteiger partial charge in [0.25, 0.3) is 0 Å². The molecule has 0 bridgehead atoms. The number of hydrogen-bond acceptors (Lipinski definition) is 8. The molecule has 0 aliphatic carbocycles. The highest BCUT2D eigenvalue weighted by Crippen LogP contribution is 2.40. The van der Waals surface area contributed by atoms with Gasteiger partial charge in [0.05, 0.1) is 17.8 Å². The molecule has 2 aliphatic heterocycles. The van der Waals surface area contributed by atoms with E-state index in [1.165, 1.54) is 11.8 Å². The first-order valence-corrected chi connectivity index (χ1v) is 10.7. The number of halogens is 3. The topological polar surface area (TPSA) is 101 Å². The molecule has 11 heteroatoms.